The molecule has 1 aromatic heterocycles. The first-order valence-electron chi connectivity index (χ1n) is 27.1. The number of anilines is 9. The lowest BCUT2D eigenvalue weighted by Gasteiger charge is -2.44. The van der Waals surface area contributed by atoms with Crippen molar-refractivity contribution in [2.45, 2.75) is 131 Å². The van der Waals surface area contributed by atoms with Crippen molar-refractivity contribution in [3.8, 4) is 11.1 Å². The van der Waals surface area contributed by atoms with E-state index >= 15 is 0 Å². The van der Waals surface area contributed by atoms with Crippen LogP contribution in [0.5, 0.6) is 0 Å². The van der Waals surface area contributed by atoms with Gasteiger partial charge >= 0.3 is 0 Å². The number of hydrogen-bond acceptors (Lipinski definition) is 4. The molecule has 0 aliphatic carbocycles. The third-order valence-corrected chi connectivity index (χ3v) is 15.8. The predicted molar refractivity (Wildman–Crippen MR) is 324 cm³/mol. The second kappa shape index (κ2) is 17.7. The molecule has 0 saturated carbocycles. The second-order valence-electron chi connectivity index (χ2n) is 26.4. The summed E-state index contributed by atoms with van der Waals surface area (Å²) in [6, 6.07) is 66.7. The lowest BCUT2D eigenvalue weighted by Crippen LogP contribution is -2.61. The number of benzene rings is 8. The van der Waals surface area contributed by atoms with Crippen LogP contribution >= 0.6 is 0 Å². The molecule has 0 N–H and O–H groups in total. The van der Waals surface area contributed by atoms with Crippen LogP contribution in [-0.2, 0) is 27.1 Å². The monoisotopic (exact) mass is 984 g/mol. The van der Waals surface area contributed by atoms with Crippen molar-refractivity contribution in [3.63, 3.8) is 0 Å². The molecule has 75 heavy (non-hydrogen) atoms. The molecule has 2 aliphatic rings. The van der Waals surface area contributed by atoms with Gasteiger partial charge in [-0.2, -0.15) is 0 Å². The van der Waals surface area contributed by atoms with Gasteiger partial charge in [0.2, 0.25) is 5.88 Å². The number of furan rings is 1. The lowest BCUT2D eigenvalue weighted by molar-refractivity contribution is 0.584. The van der Waals surface area contributed by atoms with Crippen LogP contribution < -0.4 is 31.1 Å². The van der Waals surface area contributed by atoms with Crippen LogP contribution in [0.2, 0.25) is 0 Å². The maximum atomic E-state index is 7.49. The number of para-hydroxylation sites is 2. The summed E-state index contributed by atoms with van der Waals surface area (Å²) in [5.74, 6) is 0.862. The summed E-state index contributed by atoms with van der Waals surface area (Å²) in [6.45, 7) is 34.4. The molecule has 0 saturated heterocycles. The molecule has 0 atom stereocenters. The van der Waals surface area contributed by atoms with Gasteiger partial charge in [-0.05, 0) is 144 Å². The van der Waals surface area contributed by atoms with E-state index in [9.17, 15) is 0 Å². The predicted octanol–water partition coefficient (Wildman–Crippen LogP) is 18.1. The highest BCUT2D eigenvalue weighted by molar-refractivity contribution is 7.01. The van der Waals surface area contributed by atoms with Crippen molar-refractivity contribution in [1.82, 2.24) is 0 Å². The van der Waals surface area contributed by atoms with Crippen molar-refractivity contribution >= 4 is 85.5 Å². The first kappa shape index (κ1) is 49.9. The van der Waals surface area contributed by atoms with Crippen molar-refractivity contribution in [3.05, 3.63) is 204 Å². The Balaban J connectivity index is 1.31. The summed E-state index contributed by atoms with van der Waals surface area (Å²) in [5, 5.41) is 1.14. The van der Waals surface area contributed by atoms with Crippen LogP contribution in [-0.4, -0.2) is 6.71 Å². The van der Waals surface area contributed by atoms with Gasteiger partial charge in [0.15, 0.2) is 0 Å². The third-order valence-electron chi connectivity index (χ3n) is 15.8. The normalized spacial score (nSPS) is 13.7. The van der Waals surface area contributed by atoms with Gasteiger partial charge in [-0.15, -0.1) is 0 Å². The van der Waals surface area contributed by atoms with E-state index < -0.39 is 0 Å². The molecule has 0 fully saturated rings. The molecule has 0 amide bonds. The van der Waals surface area contributed by atoms with E-state index in [1.165, 1.54) is 61.0 Å². The highest BCUT2D eigenvalue weighted by Crippen LogP contribution is 2.52. The minimum absolute atomic E-state index is 0.0203. The Morgan fingerprint density at radius 2 is 0.827 bits per heavy atom. The maximum Gasteiger partial charge on any atom is 0.257 e. The Bertz CT molecular complexity index is 3570. The average Bonchev–Trinajstić information content (AvgIpc) is 3.80. The van der Waals surface area contributed by atoms with Gasteiger partial charge in [-0.3, -0.25) is 4.90 Å². The summed E-state index contributed by atoms with van der Waals surface area (Å²) >= 11 is 0. The molecule has 0 bridgehead atoms. The molecule has 0 radical (unpaired) electrons. The molecule has 378 valence electrons. The second-order valence-corrected chi connectivity index (χ2v) is 26.4. The summed E-state index contributed by atoms with van der Waals surface area (Å²) in [7, 11) is 0. The molecule has 0 unspecified atom stereocenters. The molecule has 9 aromatic rings. The van der Waals surface area contributed by atoms with E-state index in [2.05, 4.69) is 294 Å². The van der Waals surface area contributed by atoms with Gasteiger partial charge in [0.1, 0.15) is 5.58 Å². The fraction of sp³-hybridized carbons (Fsp3) is 0.286. The quantitative estimate of drug-likeness (QED) is 0.155. The summed E-state index contributed by atoms with van der Waals surface area (Å²) in [5.41, 5.74) is 22.0. The molecular formula is C70H74BN3O. The molecule has 2 aliphatic heterocycles. The van der Waals surface area contributed by atoms with Gasteiger partial charge in [0.05, 0.1) is 11.4 Å². The Labute approximate surface area is 448 Å². The maximum absolute atomic E-state index is 7.49. The van der Waals surface area contributed by atoms with Crippen LogP contribution in [0.1, 0.15) is 132 Å². The van der Waals surface area contributed by atoms with Crippen LogP contribution in [0.3, 0.4) is 0 Å². The summed E-state index contributed by atoms with van der Waals surface area (Å²) < 4.78 is 7.49. The van der Waals surface area contributed by atoms with Gasteiger partial charge in [0, 0.05) is 50.5 Å². The fourth-order valence-corrected chi connectivity index (χ4v) is 11.4. The average molecular weight is 984 g/mol. The molecular weight excluding hydrogens is 910 g/mol. The van der Waals surface area contributed by atoms with E-state index in [1.54, 1.807) is 0 Å². The topological polar surface area (TPSA) is 22.9 Å². The zero-order valence-corrected chi connectivity index (χ0v) is 47.1. The van der Waals surface area contributed by atoms with Crippen LogP contribution in [0.15, 0.2) is 180 Å². The number of rotatable bonds is 6. The highest BCUT2D eigenvalue weighted by atomic mass is 16.4. The zero-order chi connectivity index (χ0) is 53.1. The first-order chi connectivity index (χ1) is 35.4. The van der Waals surface area contributed by atoms with Gasteiger partial charge < -0.3 is 14.2 Å². The van der Waals surface area contributed by atoms with E-state index in [4.69, 9.17) is 4.42 Å². The van der Waals surface area contributed by atoms with E-state index in [0.717, 1.165) is 56.7 Å². The van der Waals surface area contributed by atoms with Crippen molar-refractivity contribution < 1.29 is 4.42 Å². The van der Waals surface area contributed by atoms with E-state index in [1.807, 2.05) is 0 Å². The molecule has 4 nitrogen and oxygen atoms in total. The summed E-state index contributed by atoms with van der Waals surface area (Å²) in [4.78, 5) is 7.47. The highest BCUT2D eigenvalue weighted by Gasteiger charge is 2.48. The van der Waals surface area contributed by atoms with E-state index in [0.29, 0.717) is 0 Å². The number of hydrogen-bond donors (Lipinski definition) is 0. The van der Waals surface area contributed by atoms with E-state index in [-0.39, 0.29) is 33.8 Å². The van der Waals surface area contributed by atoms with Gasteiger partial charge in [0.25, 0.3) is 6.71 Å². The van der Waals surface area contributed by atoms with Crippen molar-refractivity contribution in [2.24, 2.45) is 0 Å². The Morgan fingerprint density at radius 1 is 0.373 bits per heavy atom. The SMILES string of the molecule is CC(C)(C)c1ccc(-c2cc(C(C)(C)C)ccc2N2c3ccc(C(C)(C)C)cc3B3c4c2cc(N(c2ccccc2)c2ccccc2)cc4N(c2ccc(C(C)(C)C)cc2)c2oc4cc(C(C)(C)C)ccc4c23)cc1. The zero-order valence-electron chi connectivity index (χ0n) is 47.1. The Morgan fingerprint density at radius 3 is 1.36 bits per heavy atom. The standard InChI is InChI=1S/C70H74BN3O/c1-66(2,3)46-28-26-45(27-29-46)56-40-48(68(7,8)9)33-38-58(56)74-59-39-34-49(69(10,11)12)41-57(59)71-63-55-37-32-50(70(13,14)15)42-62(55)75-65(63)73(53-35-30-47(31-36-53)67(4,5)6)60-43-54(44-61(74)64(60)71)72(51-22-18-16-19-23-51)52-24-20-17-21-25-52/h16-44H,1-15H3. The minimum atomic E-state index is -0.162. The first-order valence-corrected chi connectivity index (χ1v) is 27.1. The van der Waals surface area contributed by atoms with Gasteiger partial charge in [-0.25, -0.2) is 0 Å². The van der Waals surface area contributed by atoms with Gasteiger partial charge in [-0.1, -0.05) is 207 Å². The molecule has 11 rings (SSSR count). The van der Waals surface area contributed by atoms with Crippen molar-refractivity contribution in [2.75, 3.05) is 14.7 Å². The third kappa shape index (κ3) is 8.86. The van der Waals surface area contributed by atoms with Crippen LogP contribution in [0.4, 0.5) is 51.4 Å². The molecule has 8 aromatic carbocycles. The minimum Gasteiger partial charge on any atom is -0.440 e. The number of nitrogens with zero attached hydrogens (tertiary/aromatic N) is 3. The fourth-order valence-electron chi connectivity index (χ4n) is 11.4. The largest absolute Gasteiger partial charge is 0.440 e. The Hall–Kier alpha value is -7.24. The van der Waals surface area contributed by atoms with Crippen molar-refractivity contribution in [1.29, 1.82) is 0 Å². The lowest BCUT2D eigenvalue weighted by atomic mass is 9.33. The van der Waals surface area contributed by atoms with Crippen LogP contribution in [0, 0.1) is 0 Å². The number of fused-ring (bicyclic) bond motifs is 6. The molecule has 5 heteroatoms. The Kier molecular flexibility index (Phi) is 11.8. The molecule has 3 heterocycles. The smallest absolute Gasteiger partial charge is 0.257 e. The summed E-state index contributed by atoms with van der Waals surface area (Å²) in [6.07, 6.45) is 0. The van der Waals surface area contributed by atoms with Crippen LogP contribution in [0.25, 0.3) is 22.1 Å². The molecule has 0 spiro atoms.